The third-order valence-corrected chi connectivity index (χ3v) is 4.12. The van der Waals surface area contributed by atoms with Crippen LogP contribution in [0.15, 0.2) is 54.1 Å². The molecule has 9 nitrogen and oxygen atoms in total. The van der Waals surface area contributed by atoms with E-state index in [0.717, 1.165) is 4.90 Å². The first kappa shape index (κ1) is 18.8. The first-order chi connectivity index (χ1) is 13.3. The van der Waals surface area contributed by atoms with Crippen molar-refractivity contribution in [1.29, 1.82) is 0 Å². The topological polar surface area (TPSA) is 113 Å². The number of carbonyl (C=O) groups excluding carboxylic acids is 3. The first-order valence-electron chi connectivity index (χ1n) is 8.22. The highest BCUT2D eigenvalue weighted by molar-refractivity contribution is 6.39. The van der Waals surface area contributed by atoms with Crippen LogP contribution in [0, 0.1) is 10.1 Å². The number of nitrogens with one attached hydrogen (secondary N) is 1. The van der Waals surface area contributed by atoms with E-state index in [1.54, 1.807) is 49.3 Å². The van der Waals surface area contributed by atoms with E-state index in [9.17, 15) is 24.5 Å². The van der Waals surface area contributed by atoms with Crippen molar-refractivity contribution in [3.05, 3.63) is 69.8 Å². The SMILES string of the molecule is CN(C)c1ccc([N+](=O)[O-])cc1/C=C1/C(=O)NC(=O)N(c2ccccc2)C1=O. The summed E-state index contributed by atoms with van der Waals surface area (Å²) in [6.45, 7) is 0. The molecule has 0 unspecified atom stereocenters. The van der Waals surface area contributed by atoms with E-state index in [1.165, 1.54) is 24.3 Å². The number of hydrogen-bond donors (Lipinski definition) is 1. The minimum Gasteiger partial charge on any atom is -0.377 e. The van der Waals surface area contributed by atoms with E-state index in [4.69, 9.17) is 0 Å². The van der Waals surface area contributed by atoms with Crippen molar-refractivity contribution in [2.75, 3.05) is 23.9 Å². The van der Waals surface area contributed by atoms with Crippen molar-refractivity contribution >= 4 is 41.0 Å². The quantitative estimate of drug-likeness (QED) is 0.377. The maximum absolute atomic E-state index is 12.9. The lowest BCUT2D eigenvalue weighted by atomic mass is 10.0. The molecule has 0 spiro atoms. The Kier molecular flexibility index (Phi) is 4.90. The van der Waals surface area contributed by atoms with Crippen LogP contribution in [0.5, 0.6) is 0 Å². The van der Waals surface area contributed by atoms with Gasteiger partial charge < -0.3 is 4.90 Å². The predicted molar refractivity (Wildman–Crippen MR) is 103 cm³/mol. The number of amides is 4. The van der Waals surface area contributed by atoms with Gasteiger partial charge >= 0.3 is 6.03 Å². The summed E-state index contributed by atoms with van der Waals surface area (Å²) in [5, 5.41) is 13.2. The third kappa shape index (κ3) is 3.45. The highest BCUT2D eigenvalue weighted by Crippen LogP contribution is 2.28. The molecule has 1 aliphatic rings. The Balaban J connectivity index is 2.11. The van der Waals surface area contributed by atoms with Crippen LogP contribution in [-0.2, 0) is 9.59 Å². The number of nitro benzene ring substituents is 1. The maximum atomic E-state index is 12.9. The zero-order valence-corrected chi connectivity index (χ0v) is 15.1. The van der Waals surface area contributed by atoms with Crippen molar-refractivity contribution in [3.8, 4) is 0 Å². The molecule has 0 bridgehead atoms. The molecule has 9 heteroatoms. The Morgan fingerprint density at radius 1 is 1.07 bits per heavy atom. The average Bonchev–Trinajstić information content (AvgIpc) is 2.65. The van der Waals surface area contributed by atoms with Gasteiger partial charge in [-0.3, -0.25) is 25.0 Å². The zero-order valence-electron chi connectivity index (χ0n) is 15.1. The number of benzene rings is 2. The number of hydrogen-bond acceptors (Lipinski definition) is 6. The maximum Gasteiger partial charge on any atom is 0.335 e. The second-order valence-corrected chi connectivity index (χ2v) is 6.19. The van der Waals surface area contributed by atoms with Crippen LogP contribution in [0.2, 0.25) is 0 Å². The number of rotatable bonds is 4. The highest BCUT2D eigenvalue weighted by Gasteiger charge is 2.37. The summed E-state index contributed by atoms with van der Waals surface area (Å²) in [6, 6.07) is 11.4. The fraction of sp³-hybridized carbons (Fsp3) is 0.105. The molecule has 2 aromatic rings. The van der Waals surface area contributed by atoms with Crippen molar-refractivity contribution in [3.63, 3.8) is 0 Å². The van der Waals surface area contributed by atoms with Gasteiger partial charge in [-0.05, 0) is 24.3 Å². The number of anilines is 2. The largest absolute Gasteiger partial charge is 0.377 e. The number of non-ortho nitro benzene ring substituents is 1. The molecule has 1 saturated heterocycles. The van der Waals surface area contributed by atoms with Crippen LogP contribution in [0.25, 0.3) is 6.08 Å². The summed E-state index contributed by atoms with van der Waals surface area (Å²) >= 11 is 0. The monoisotopic (exact) mass is 380 g/mol. The van der Waals surface area contributed by atoms with Gasteiger partial charge in [0.05, 0.1) is 10.6 Å². The molecule has 1 aliphatic heterocycles. The number of nitrogens with zero attached hydrogens (tertiary/aromatic N) is 3. The van der Waals surface area contributed by atoms with Gasteiger partial charge in [-0.2, -0.15) is 0 Å². The number of nitro groups is 1. The average molecular weight is 380 g/mol. The minimum atomic E-state index is -0.863. The molecular weight excluding hydrogens is 364 g/mol. The molecule has 0 aliphatic carbocycles. The lowest BCUT2D eigenvalue weighted by Gasteiger charge is -2.26. The second kappa shape index (κ2) is 7.31. The van der Waals surface area contributed by atoms with Crippen molar-refractivity contribution in [1.82, 2.24) is 5.32 Å². The van der Waals surface area contributed by atoms with Crippen molar-refractivity contribution in [2.24, 2.45) is 0 Å². The summed E-state index contributed by atoms with van der Waals surface area (Å²) in [4.78, 5) is 50.4. The van der Waals surface area contributed by atoms with Gasteiger partial charge in [-0.1, -0.05) is 18.2 Å². The van der Waals surface area contributed by atoms with Crippen LogP contribution in [-0.4, -0.2) is 36.9 Å². The van der Waals surface area contributed by atoms with E-state index in [1.807, 2.05) is 0 Å². The Hall–Kier alpha value is -4.01. The number of imide groups is 2. The number of barbiturate groups is 1. The molecule has 2 aromatic carbocycles. The van der Waals surface area contributed by atoms with Gasteiger partial charge in [-0.15, -0.1) is 0 Å². The van der Waals surface area contributed by atoms with Crippen LogP contribution in [0.4, 0.5) is 21.9 Å². The van der Waals surface area contributed by atoms with Crippen molar-refractivity contribution < 1.29 is 19.3 Å². The van der Waals surface area contributed by atoms with Gasteiger partial charge in [0.15, 0.2) is 0 Å². The van der Waals surface area contributed by atoms with Gasteiger partial charge in [0.25, 0.3) is 17.5 Å². The molecule has 3 rings (SSSR count). The standard InChI is InChI=1S/C19H16N4O5/c1-21(2)16-9-8-14(23(27)28)10-12(16)11-15-17(24)20-19(26)22(18(15)25)13-6-4-3-5-7-13/h3-11H,1-2H3,(H,20,24,26)/b15-11-. The van der Waals surface area contributed by atoms with Crippen LogP contribution < -0.4 is 15.1 Å². The van der Waals surface area contributed by atoms with E-state index < -0.39 is 22.8 Å². The number of urea groups is 1. The summed E-state index contributed by atoms with van der Waals surface area (Å²) in [6.07, 6.45) is 1.25. The van der Waals surface area contributed by atoms with Gasteiger partial charge in [0.2, 0.25) is 0 Å². The van der Waals surface area contributed by atoms with E-state index in [0.29, 0.717) is 16.9 Å². The molecule has 0 saturated carbocycles. The van der Waals surface area contributed by atoms with Gasteiger partial charge in [-0.25, -0.2) is 9.69 Å². The molecule has 0 atom stereocenters. The van der Waals surface area contributed by atoms with Crippen LogP contribution >= 0.6 is 0 Å². The Labute approximate surface area is 160 Å². The molecule has 28 heavy (non-hydrogen) atoms. The molecule has 1 N–H and O–H groups in total. The Morgan fingerprint density at radius 2 is 1.75 bits per heavy atom. The minimum absolute atomic E-state index is 0.183. The van der Waals surface area contributed by atoms with E-state index in [2.05, 4.69) is 5.32 Å². The van der Waals surface area contributed by atoms with Gasteiger partial charge in [0, 0.05) is 37.5 Å². The fourth-order valence-electron chi connectivity index (χ4n) is 2.80. The highest BCUT2D eigenvalue weighted by atomic mass is 16.6. The summed E-state index contributed by atoms with van der Waals surface area (Å²) < 4.78 is 0. The molecule has 1 heterocycles. The normalized spacial score (nSPS) is 15.6. The molecule has 1 fully saturated rings. The lowest BCUT2D eigenvalue weighted by Crippen LogP contribution is -2.54. The van der Waals surface area contributed by atoms with Crippen LogP contribution in [0.1, 0.15) is 5.56 Å². The molecule has 4 amide bonds. The second-order valence-electron chi connectivity index (χ2n) is 6.19. The number of para-hydroxylation sites is 1. The molecule has 142 valence electrons. The number of carbonyl (C=O) groups is 3. The van der Waals surface area contributed by atoms with E-state index in [-0.39, 0.29) is 11.3 Å². The smallest absolute Gasteiger partial charge is 0.335 e. The van der Waals surface area contributed by atoms with Crippen molar-refractivity contribution in [2.45, 2.75) is 0 Å². The third-order valence-electron chi connectivity index (χ3n) is 4.12. The fourth-order valence-corrected chi connectivity index (χ4v) is 2.80. The Morgan fingerprint density at radius 3 is 2.36 bits per heavy atom. The first-order valence-corrected chi connectivity index (χ1v) is 8.22. The van der Waals surface area contributed by atoms with Crippen LogP contribution in [0.3, 0.4) is 0 Å². The molecule has 0 radical (unpaired) electrons. The zero-order chi connectivity index (χ0) is 20.4. The summed E-state index contributed by atoms with van der Waals surface area (Å²) in [5.74, 6) is -1.67. The lowest BCUT2D eigenvalue weighted by molar-refractivity contribution is -0.384. The van der Waals surface area contributed by atoms with E-state index >= 15 is 0 Å². The van der Waals surface area contributed by atoms with Gasteiger partial charge in [0.1, 0.15) is 5.57 Å². The summed E-state index contributed by atoms with van der Waals surface area (Å²) in [5.41, 5.74) is 0.696. The summed E-state index contributed by atoms with van der Waals surface area (Å²) in [7, 11) is 3.46. The molecule has 0 aromatic heterocycles. The Bertz CT molecular complexity index is 1010. The predicted octanol–water partition coefficient (Wildman–Crippen LogP) is 2.33. The molecular formula is C19H16N4O5.